The van der Waals surface area contributed by atoms with Crippen molar-refractivity contribution in [1.82, 2.24) is 0 Å². The van der Waals surface area contributed by atoms with Crippen LogP contribution in [-0.2, 0) is 17.6 Å². The number of amides is 1. The number of anilines is 1. The van der Waals surface area contributed by atoms with E-state index in [1.165, 1.54) is 7.11 Å². The molecule has 0 bridgehead atoms. The smallest absolute Gasteiger partial charge is 0.414 e. The quantitative estimate of drug-likeness (QED) is 0.860. The van der Waals surface area contributed by atoms with Gasteiger partial charge in [-0.3, -0.25) is 4.90 Å². The molecule has 0 aliphatic carbocycles. The van der Waals surface area contributed by atoms with Gasteiger partial charge in [0.2, 0.25) is 0 Å². The molecular formula is C16H21NO3. The summed E-state index contributed by atoms with van der Waals surface area (Å²) in [7, 11) is 1.37. The minimum absolute atomic E-state index is 0.258. The van der Waals surface area contributed by atoms with E-state index in [9.17, 15) is 9.90 Å². The van der Waals surface area contributed by atoms with E-state index in [0.717, 1.165) is 36.1 Å². The van der Waals surface area contributed by atoms with Crippen molar-refractivity contribution in [2.75, 3.05) is 18.6 Å². The Balaban J connectivity index is 2.43. The first kappa shape index (κ1) is 14.4. The van der Waals surface area contributed by atoms with Gasteiger partial charge in [-0.2, -0.15) is 0 Å². The zero-order valence-electron chi connectivity index (χ0n) is 12.1. The number of hydrogen-bond acceptors (Lipinski definition) is 3. The van der Waals surface area contributed by atoms with Crippen LogP contribution in [0.1, 0.15) is 30.9 Å². The van der Waals surface area contributed by atoms with Gasteiger partial charge in [0.1, 0.15) is 5.75 Å². The van der Waals surface area contributed by atoms with Crippen LogP contribution in [0.15, 0.2) is 24.3 Å². The largest absolute Gasteiger partial charge is 0.508 e. The van der Waals surface area contributed by atoms with Crippen LogP contribution in [0, 0.1) is 0 Å². The van der Waals surface area contributed by atoms with Gasteiger partial charge >= 0.3 is 6.09 Å². The summed E-state index contributed by atoms with van der Waals surface area (Å²) >= 11 is 0. The maximum atomic E-state index is 11.9. The molecule has 20 heavy (non-hydrogen) atoms. The van der Waals surface area contributed by atoms with Crippen LogP contribution in [-0.4, -0.2) is 24.9 Å². The molecule has 1 aromatic carbocycles. The van der Waals surface area contributed by atoms with E-state index in [1.54, 1.807) is 4.90 Å². The molecule has 108 valence electrons. The normalized spacial score (nSPS) is 13.8. The van der Waals surface area contributed by atoms with E-state index >= 15 is 0 Å². The van der Waals surface area contributed by atoms with Crippen molar-refractivity contribution in [3.05, 3.63) is 35.4 Å². The van der Waals surface area contributed by atoms with Crippen LogP contribution in [0.3, 0.4) is 0 Å². The minimum Gasteiger partial charge on any atom is -0.508 e. The Bertz CT molecular complexity index is 523. The second-order valence-electron chi connectivity index (χ2n) is 4.97. The summed E-state index contributed by atoms with van der Waals surface area (Å²) in [6.45, 7) is 2.60. The number of rotatable bonds is 3. The van der Waals surface area contributed by atoms with Crippen molar-refractivity contribution in [1.29, 1.82) is 0 Å². The number of phenols is 1. The predicted octanol–water partition coefficient (Wildman–Crippen LogP) is 3.42. The molecule has 0 aromatic heterocycles. The molecule has 1 aromatic rings. The SMILES string of the molecule is CCCCc1cc(O)c2c(c1)N(C(=O)OC)CC=CC2. The number of benzene rings is 1. The van der Waals surface area contributed by atoms with Gasteiger partial charge in [0.05, 0.1) is 12.8 Å². The molecule has 1 aliphatic heterocycles. The lowest BCUT2D eigenvalue weighted by Gasteiger charge is -2.22. The Hall–Kier alpha value is -1.97. The fourth-order valence-corrected chi connectivity index (χ4v) is 2.44. The highest BCUT2D eigenvalue weighted by molar-refractivity contribution is 5.90. The molecule has 1 amide bonds. The predicted molar refractivity (Wildman–Crippen MR) is 79.3 cm³/mol. The summed E-state index contributed by atoms with van der Waals surface area (Å²) in [4.78, 5) is 13.5. The van der Waals surface area contributed by atoms with Crippen molar-refractivity contribution in [2.45, 2.75) is 32.6 Å². The van der Waals surface area contributed by atoms with E-state index in [2.05, 4.69) is 6.92 Å². The van der Waals surface area contributed by atoms with Crippen molar-refractivity contribution in [3.8, 4) is 5.75 Å². The zero-order chi connectivity index (χ0) is 14.5. The van der Waals surface area contributed by atoms with E-state index in [4.69, 9.17) is 4.74 Å². The molecule has 4 heteroatoms. The number of unbranched alkanes of at least 4 members (excludes halogenated alkanes) is 1. The number of fused-ring (bicyclic) bond motifs is 1. The lowest BCUT2D eigenvalue weighted by atomic mass is 10.0. The number of nitrogens with zero attached hydrogens (tertiary/aromatic N) is 1. The van der Waals surface area contributed by atoms with Gasteiger partial charge in [-0.1, -0.05) is 25.5 Å². The standard InChI is InChI=1S/C16H21NO3/c1-3-4-7-12-10-14-13(15(18)11-12)8-5-6-9-17(14)16(19)20-2/h5-6,10-11,18H,3-4,7-9H2,1-2H3. The van der Waals surface area contributed by atoms with E-state index < -0.39 is 6.09 Å². The highest BCUT2D eigenvalue weighted by atomic mass is 16.5. The monoisotopic (exact) mass is 275 g/mol. The number of carbonyl (C=O) groups excluding carboxylic acids is 1. The van der Waals surface area contributed by atoms with Gasteiger partial charge in [0.25, 0.3) is 0 Å². The third kappa shape index (κ3) is 2.95. The van der Waals surface area contributed by atoms with Crippen LogP contribution >= 0.6 is 0 Å². The molecule has 0 atom stereocenters. The summed E-state index contributed by atoms with van der Waals surface area (Å²) in [6, 6.07) is 3.80. The summed E-state index contributed by atoms with van der Waals surface area (Å²) in [5.41, 5.74) is 2.59. The van der Waals surface area contributed by atoms with Crippen LogP contribution in [0.4, 0.5) is 10.5 Å². The first-order valence-electron chi connectivity index (χ1n) is 7.02. The Morgan fingerprint density at radius 2 is 2.20 bits per heavy atom. The highest BCUT2D eigenvalue weighted by Crippen LogP contribution is 2.33. The first-order valence-corrected chi connectivity index (χ1v) is 7.02. The molecule has 1 aliphatic rings. The molecule has 0 saturated carbocycles. The Kier molecular flexibility index (Phi) is 4.66. The third-order valence-electron chi connectivity index (χ3n) is 3.54. The maximum absolute atomic E-state index is 11.9. The average molecular weight is 275 g/mol. The van der Waals surface area contributed by atoms with Crippen molar-refractivity contribution < 1.29 is 14.6 Å². The molecule has 4 nitrogen and oxygen atoms in total. The molecule has 0 fully saturated rings. The lowest BCUT2D eigenvalue weighted by molar-refractivity contribution is 0.179. The number of methoxy groups -OCH3 is 1. The number of phenolic OH excluding ortho intramolecular Hbond substituents is 1. The molecule has 0 saturated heterocycles. The number of hydrogen-bond donors (Lipinski definition) is 1. The van der Waals surface area contributed by atoms with Crippen LogP contribution in [0.2, 0.25) is 0 Å². The summed E-state index contributed by atoms with van der Waals surface area (Å²) in [5, 5.41) is 10.2. The first-order chi connectivity index (χ1) is 9.67. The number of ether oxygens (including phenoxy) is 1. The molecule has 1 N–H and O–H groups in total. The summed E-state index contributed by atoms with van der Waals surface area (Å²) in [6.07, 6.45) is 7.18. The van der Waals surface area contributed by atoms with Crippen molar-refractivity contribution in [3.63, 3.8) is 0 Å². The topological polar surface area (TPSA) is 49.8 Å². The zero-order valence-corrected chi connectivity index (χ0v) is 12.1. The van der Waals surface area contributed by atoms with Crippen LogP contribution in [0.5, 0.6) is 5.75 Å². The van der Waals surface area contributed by atoms with Gasteiger partial charge in [0.15, 0.2) is 0 Å². The van der Waals surface area contributed by atoms with Crippen molar-refractivity contribution in [2.24, 2.45) is 0 Å². The number of aryl methyl sites for hydroxylation is 1. The molecule has 0 unspecified atom stereocenters. The molecule has 1 heterocycles. The van der Waals surface area contributed by atoms with Gasteiger partial charge in [-0.05, 0) is 37.0 Å². The second kappa shape index (κ2) is 6.46. The Morgan fingerprint density at radius 3 is 2.90 bits per heavy atom. The fourth-order valence-electron chi connectivity index (χ4n) is 2.44. The van der Waals surface area contributed by atoms with Crippen LogP contribution in [0.25, 0.3) is 0 Å². The van der Waals surface area contributed by atoms with Gasteiger partial charge in [-0.25, -0.2) is 4.79 Å². The average Bonchev–Trinajstić information content (AvgIpc) is 2.67. The van der Waals surface area contributed by atoms with E-state index in [1.807, 2.05) is 24.3 Å². The maximum Gasteiger partial charge on any atom is 0.414 e. The molecule has 0 spiro atoms. The molecule has 0 radical (unpaired) electrons. The van der Waals surface area contributed by atoms with E-state index in [0.29, 0.717) is 13.0 Å². The molecule has 2 rings (SSSR count). The second-order valence-corrected chi connectivity index (χ2v) is 4.97. The van der Waals surface area contributed by atoms with Crippen molar-refractivity contribution >= 4 is 11.8 Å². The number of carbonyl (C=O) groups is 1. The van der Waals surface area contributed by atoms with Gasteiger partial charge in [-0.15, -0.1) is 0 Å². The summed E-state index contributed by atoms with van der Waals surface area (Å²) < 4.78 is 4.83. The highest BCUT2D eigenvalue weighted by Gasteiger charge is 2.22. The lowest BCUT2D eigenvalue weighted by Crippen LogP contribution is -2.31. The minimum atomic E-state index is -0.398. The van der Waals surface area contributed by atoms with Crippen LogP contribution < -0.4 is 4.90 Å². The fraction of sp³-hybridized carbons (Fsp3) is 0.438. The Morgan fingerprint density at radius 1 is 1.40 bits per heavy atom. The van der Waals surface area contributed by atoms with Gasteiger partial charge < -0.3 is 9.84 Å². The summed E-state index contributed by atoms with van der Waals surface area (Å²) in [5.74, 6) is 0.258. The number of aromatic hydroxyl groups is 1. The van der Waals surface area contributed by atoms with Gasteiger partial charge in [0, 0.05) is 12.1 Å². The molecular weight excluding hydrogens is 254 g/mol. The third-order valence-corrected chi connectivity index (χ3v) is 3.54. The van der Waals surface area contributed by atoms with E-state index in [-0.39, 0.29) is 5.75 Å². The number of allylic oxidation sites excluding steroid dienone is 1. The Labute approximate surface area is 119 Å².